The summed E-state index contributed by atoms with van der Waals surface area (Å²) in [6.07, 6.45) is 5.16. The van der Waals surface area contributed by atoms with Crippen molar-refractivity contribution in [1.82, 2.24) is 5.16 Å². The molecule has 25 heavy (non-hydrogen) atoms. The van der Waals surface area contributed by atoms with Crippen molar-refractivity contribution in [3.63, 3.8) is 0 Å². The fourth-order valence-electron chi connectivity index (χ4n) is 2.97. The topological polar surface area (TPSA) is 89.3 Å². The van der Waals surface area contributed by atoms with Crippen molar-refractivity contribution in [2.45, 2.75) is 76.9 Å². The number of nitrogens with one attached hydrogen (secondary N) is 1. The van der Waals surface area contributed by atoms with Crippen LogP contribution >= 0.6 is 0 Å². The van der Waals surface area contributed by atoms with Gasteiger partial charge in [-0.2, -0.15) is 0 Å². The normalized spacial score (nSPS) is 17.5. The Hall–Kier alpha value is -1.37. The van der Waals surface area contributed by atoms with Gasteiger partial charge in [-0.15, -0.1) is 0 Å². The fourth-order valence-corrected chi connectivity index (χ4v) is 4.67. The van der Waals surface area contributed by atoms with Gasteiger partial charge in [0.2, 0.25) is 5.91 Å². The summed E-state index contributed by atoms with van der Waals surface area (Å²) in [5.41, 5.74) is -0.238. The van der Waals surface area contributed by atoms with Crippen molar-refractivity contribution in [1.29, 1.82) is 0 Å². The minimum absolute atomic E-state index is 0.0689. The standard InChI is InChI=1S/C18H30N2O4S/c1-17(2,3)14-11-15(20-24-14)19-16(21)18(4,5)25(22,23)12-13-9-7-6-8-10-13/h11,13H,6-10,12H2,1-5H3,(H,19,20,21). The quantitative estimate of drug-likeness (QED) is 0.854. The molecule has 0 spiro atoms. The van der Waals surface area contributed by atoms with E-state index in [-0.39, 0.29) is 22.9 Å². The Bertz CT molecular complexity index is 708. The molecule has 0 aliphatic heterocycles. The van der Waals surface area contributed by atoms with Crippen molar-refractivity contribution in [2.24, 2.45) is 5.92 Å². The molecule has 0 saturated heterocycles. The zero-order valence-electron chi connectivity index (χ0n) is 15.9. The molecule has 142 valence electrons. The molecule has 7 heteroatoms. The predicted octanol–water partition coefficient (Wildman–Crippen LogP) is 3.68. The maximum atomic E-state index is 12.8. The van der Waals surface area contributed by atoms with Crippen molar-refractivity contribution in [2.75, 3.05) is 11.1 Å². The van der Waals surface area contributed by atoms with Crippen LogP contribution in [0.5, 0.6) is 0 Å². The molecule has 0 unspecified atom stereocenters. The Morgan fingerprint density at radius 3 is 2.32 bits per heavy atom. The number of amides is 1. The van der Waals surface area contributed by atoms with Crippen LogP contribution < -0.4 is 5.32 Å². The van der Waals surface area contributed by atoms with E-state index in [1.54, 1.807) is 6.07 Å². The van der Waals surface area contributed by atoms with Crippen LogP contribution in [0.4, 0.5) is 5.82 Å². The van der Waals surface area contributed by atoms with Crippen LogP contribution in [0, 0.1) is 5.92 Å². The van der Waals surface area contributed by atoms with E-state index in [9.17, 15) is 13.2 Å². The number of rotatable bonds is 5. The van der Waals surface area contributed by atoms with Crippen LogP contribution in [-0.4, -0.2) is 30.0 Å². The van der Waals surface area contributed by atoms with E-state index in [2.05, 4.69) is 10.5 Å². The molecule has 6 nitrogen and oxygen atoms in total. The number of carbonyl (C=O) groups excluding carboxylic acids is 1. The third-order valence-corrected chi connectivity index (χ3v) is 7.65. The number of carbonyl (C=O) groups is 1. The Morgan fingerprint density at radius 1 is 1.20 bits per heavy atom. The summed E-state index contributed by atoms with van der Waals surface area (Å²) in [7, 11) is -3.57. The number of hydrogen-bond acceptors (Lipinski definition) is 5. The number of hydrogen-bond donors (Lipinski definition) is 1. The molecule has 1 N–H and O–H groups in total. The molecule has 1 amide bonds. The first kappa shape index (κ1) is 19.9. The molecular formula is C18H30N2O4S. The van der Waals surface area contributed by atoms with Crippen molar-refractivity contribution < 1.29 is 17.7 Å². The Morgan fingerprint density at radius 2 is 1.80 bits per heavy atom. The van der Waals surface area contributed by atoms with E-state index in [0.717, 1.165) is 25.7 Å². The second-order valence-electron chi connectivity index (χ2n) is 8.58. The molecule has 0 atom stereocenters. The first-order valence-corrected chi connectivity index (χ1v) is 10.6. The lowest BCUT2D eigenvalue weighted by atomic mass is 9.91. The third kappa shape index (κ3) is 4.63. The maximum Gasteiger partial charge on any atom is 0.246 e. The maximum absolute atomic E-state index is 12.8. The molecule has 0 radical (unpaired) electrons. The average Bonchev–Trinajstić information content (AvgIpc) is 2.96. The van der Waals surface area contributed by atoms with Gasteiger partial charge in [-0.3, -0.25) is 4.79 Å². The lowest BCUT2D eigenvalue weighted by Gasteiger charge is -2.28. The minimum atomic E-state index is -3.57. The predicted molar refractivity (Wildman–Crippen MR) is 98.3 cm³/mol. The van der Waals surface area contributed by atoms with E-state index >= 15 is 0 Å². The summed E-state index contributed by atoms with van der Waals surface area (Å²) < 4.78 is 29.4. The number of sulfone groups is 1. The molecule has 1 aliphatic carbocycles. The fraction of sp³-hybridized carbons (Fsp3) is 0.778. The van der Waals surface area contributed by atoms with Gasteiger partial charge >= 0.3 is 0 Å². The third-order valence-electron chi connectivity index (χ3n) is 5.00. The van der Waals surface area contributed by atoms with Gasteiger partial charge in [0.05, 0.1) is 5.75 Å². The summed E-state index contributed by atoms with van der Waals surface area (Å²) in [4.78, 5) is 12.6. The summed E-state index contributed by atoms with van der Waals surface area (Å²) >= 11 is 0. The number of aromatic nitrogens is 1. The highest BCUT2D eigenvalue weighted by atomic mass is 32.2. The Kier molecular flexibility index (Phi) is 5.66. The highest BCUT2D eigenvalue weighted by Crippen LogP contribution is 2.30. The highest BCUT2D eigenvalue weighted by molar-refractivity contribution is 7.93. The monoisotopic (exact) mass is 370 g/mol. The van der Waals surface area contributed by atoms with Gasteiger partial charge in [0.15, 0.2) is 15.7 Å². The van der Waals surface area contributed by atoms with Gasteiger partial charge in [-0.1, -0.05) is 45.2 Å². The van der Waals surface area contributed by atoms with Crippen LogP contribution in [0.3, 0.4) is 0 Å². The summed E-state index contributed by atoms with van der Waals surface area (Å²) in [6, 6.07) is 1.64. The second kappa shape index (κ2) is 7.09. The number of anilines is 1. The van der Waals surface area contributed by atoms with Crippen molar-refractivity contribution >= 4 is 21.6 Å². The van der Waals surface area contributed by atoms with Crippen LogP contribution in [0.25, 0.3) is 0 Å². The van der Waals surface area contributed by atoms with Gasteiger partial charge in [0.1, 0.15) is 10.5 Å². The van der Waals surface area contributed by atoms with Crippen molar-refractivity contribution in [3.8, 4) is 0 Å². The molecule has 0 aromatic carbocycles. The van der Waals surface area contributed by atoms with Crippen molar-refractivity contribution in [3.05, 3.63) is 11.8 Å². The summed E-state index contributed by atoms with van der Waals surface area (Å²) in [5.74, 6) is 0.531. The van der Waals surface area contributed by atoms with Crippen LogP contribution in [-0.2, 0) is 20.0 Å². The largest absolute Gasteiger partial charge is 0.359 e. The van der Waals surface area contributed by atoms with Gasteiger partial charge < -0.3 is 9.84 Å². The zero-order chi connectivity index (χ0) is 18.9. The Balaban J connectivity index is 2.09. The molecule has 1 saturated carbocycles. The van der Waals surface area contributed by atoms with Gasteiger partial charge in [0, 0.05) is 11.5 Å². The smallest absolute Gasteiger partial charge is 0.246 e. The van der Waals surface area contributed by atoms with E-state index in [0.29, 0.717) is 5.76 Å². The van der Waals surface area contributed by atoms with Crippen LogP contribution in [0.2, 0.25) is 0 Å². The molecule has 0 bridgehead atoms. The van der Waals surface area contributed by atoms with Gasteiger partial charge in [-0.05, 0) is 32.6 Å². The molecule has 2 rings (SSSR count). The van der Waals surface area contributed by atoms with E-state index in [1.807, 2.05) is 20.8 Å². The zero-order valence-corrected chi connectivity index (χ0v) is 16.7. The summed E-state index contributed by atoms with van der Waals surface area (Å²) in [5, 5.41) is 6.43. The SMILES string of the molecule is CC(C)(C)c1cc(NC(=O)C(C)(C)S(=O)(=O)CC2CCCCC2)no1. The van der Waals surface area contributed by atoms with E-state index in [1.165, 1.54) is 20.3 Å². The highest BCUT2D eigenvalue weighted by Gasteiger charge is 2.43. The van der Waals surface area contributed by atoms with Gasteiger partial charge in [0.25, 0.3) is 0 Å². The molecular weight excluding hydrogens is 340 g/mol. The minimum Gasteiger partial charge on any atom is -0.359 e. The van der Waals surface area contributed by atoms with Crippen LogP contribution in [0.15, 0.2) is 10.6 Å². The first-order chi connectivity index (χ1) is 11.4. The van der Waals surface area contributed by atoms with Crippen LogP contribution in [0.1, 0.15) is 72.5 Å². The van der Waals surface area contributed by atoms with Gasteiger partial charge in [-0.25, -0.2) is 8.42 Å². The molecule has 1 heterocycles. The van der Waals surface area contributed by atoms with E-state index < -0.39 is 20.5 Å². The lowest BCUT2D eigenvalue weighted by molar-refractivity contribution is -0.117. The Labute approximate surface area is 150 Å². The van der Waals surface area contributed by atoms with E-state index in [4.69, 9.17) is 4.52 Å². The molecule has 1 aliphatic rings. The molecule has 1 aromatic heterocycles. The summed E-state index contributed by atoms with van der Waals surface area (Å²) in [6.45, 7) is 8.84. The second-order valence-corrected chi connectivity index (χ2v) is 11.2. The lowest BCUT2D eigenvalue weighted by Crippen LogP contribution is -2.46. The molecule has 1 aromatic rings. The first-order valence-electron chi connectivity index (χ1n) is 8.94. The molecule has 1 fully saturated rings. The number of nitrogens with zero attached hydrogens (tertiary/aromatic N) is 1. The average molecular weight is 371 g/mol.